The maximum absolute atomic E-state index is 10.6. The Morgan fingerprint density at radius 2 is 1.04 bits per heavy atom. The average molecular weight is 360 g/mol. The molecule has 2 aliphatic heterocycles. The number of fused-ring (bicyclic) bond motifs is 2. The summed E-state index contributed by atoms with van der Waals surface area (Å²) in [4.78, 5) is 21.1. The zero-order valence-corrected chi connectivity index (χ0v) is 13.5. The van der Waals surface area contributed by atoms with Crippen LogP contribution in [0.3, 0.4) is 0 Å². The first kappa shape index (κ1) is 17.4. The molecule has 8 nitrogen and oxygen atoms in total. The Bertz CT molecular complexity index is 736. The summed E-state index contributed by atoms with van der Waals surface area (Å²) in [5.41, 5.74) is 0. The smallest absolute Gasteiger partial charge is 0.348 e. The van der Waals surface area contributed by atoms with E-state index >= 15 is 0 Å². The Kier molecular flexibility index (Phi) is 5.12. The maximum atomic E-state index is 10.6. The van der Waals surface area contributed by atoms with Crippen molar-refractivity contribution in [1.29, 1.82) is 0 Å². The molecular weight excluding hydrogens is 344 g/mol. The molecule has 2 aromatic rings. The highest BCUT2D eigenvalue weighted by atomic mass is 16.6. The van der Waals surface area contributed by atoms with Gasteiger partial charge in [0.1, 0.15) is 13.2 Å². The lowest BCUT2D eigenvalue weighted by Crippen LogP contribution is -2.36. The first-order valence-corrected chi connectivity index (χ1v) is 7.77. The minimum atomic E-state index is -1.01. The molecule has 0 bridgehead atoms. The molecule has 2 heterocycles. The SMILES string of the molecule is O=C(O)[C@@H]1COc2ccccc2O1.O=C(O)[C@@H]1COc2ccccc2O1. The Hall–Kier alpha value is -3.42. The molecule has 26 heavy (non-hydrogen) atoms. The second-order valence-corrected chi connectivity index (χ2v) is 5.40. The molecule has 0 spiro atoms. The molecule has 8 heteroatoms. The molecule has 0 amide bonds. The highest BCUT2D eigenvalue weighted by molar-refractivity contribution is 5.74. The van der Waals surface area contributed by atoms with Crippen LogP contribution in [0.1, 0.15) is 0 Å². The van der Waals surface area contributed by atoms with Crippen molar-refractivity contribution >= 4 is 11.9 Å². The normalized spacial score (nSPS) is 19.5. The molecule has 2 N–H and O–H groups in total. The van der Waals surface area contributed by atoms with Crippen LogP contribution in [0.5, 0.6) is 23.0 Å². The minimum absolute atomic E-state index is 0.0619. The highest BCUT2D eigenvalue weighted by Crippen LogP contribution is 2.31. The van der Waals surface area contributed by atoms with Crippen LogP contribution in [0.2, 0.25) is 0 Å². The van der Waals surface area contributed by atoms with Crippen molar-refractivity contribution in [2.75, 3.05) is 13.2 Å². The van der Waals surface area contributed by atoms with E-state index in [-0.39, 0.29) is 13.2 Å². The topological polar surface area (TPSA) is 112 Å². The first-order valence-electron chi connectivity index (χ1n) is 7.77. The zero-order valence-electron chi connectivity index (χ0n) is 13.5. The number of ether oxygens (including phenoxy) is 4. The third-order valence-corrected chi connectivity index (χ3v) is 3.57. The molecule has 0 radical (unpaired) electrons. The number of aliphatic carboxylic acids is 2. The molecular formula is C18H16O8. The standard InChI is InChI=1S/2C9H8O4/c2*10-9(11)8-5-12-6-3-1-2-4-7(6)13-8/h2*1-4,8H,5H2,(H,10,11)/t2*8-/m00/s1. The summed E-state index contributed by atoms with van der Waals surface area (Å²) in [6.45, 7) is 0.124. The summed E-state index contributed by atoms with van der Waals surface area (Å²) >= 11 is 0. The number of rotatable bonds is 2. The van der Waals surface area contributed by atoms with Crippen molar-refractivity contribution < 1.29 is 38.7 Å². The average Bonchev–Trinajstić information content (AvgIpc) is 2.67. The van der Waals surface area contributed by atoms with Gasteiger partial charge in [-0.15, -0.1) is 0 Å². The van der Waals surface area contributed by atoms with Crippen LogP contribution in [0.25, 0.3) is 0 Å². The van der Waals surface area contributed by atoms with E-state index in [2.05, 4.69) is 0 Å². The van der Waals surface area contributed by atoms with Crippen molar-refractivity contribution in [2.45, 2.75) is 12.2 Å². The predicted octanol–water partition coefficient (Wildman–Crippen LogP) is 1.82. The number of carbonyl (C=O) groups is 2. The number of carboxylic acids is 2. The van der Waals surface area contributed by atoms with Gasteiger partial charge in [-0.05, 0) is 24.3 Å². The molecule has 2 aliphatic rings. The highest BCUT2D eigenvalue weighted by Gasteiger charge is 2.27. The molecule has 2 aromatic carbocycles. The molecule has 0 saturated heterocycles. The van der Waals surface area contributed by atoms with Gasteiger partial charge >= 0.3 is 11.9 Å². The Balaban J connectivity index is 0.000000151. The summed E-state index contributed by atoms with van der Waals surface area (Å²) in [6.07, 6.45) is -1.79. The van der Waals surface area contributed by atoms with Crippen LogP contribution in [0.15, 0.2) is 48.5 Å². The van der Waals surface area contributed by atoms with Crippen molar-refractivity contribution in [2.24, 2.45) is 0 Å². The molecule has 0 aromatic heterocycles. The summed E-state index contributed by atoms with van der Waals surface area (Å²) in [5.74, 6) is 0.159. The van der Waals surface area contributed by atoms with Gasteiger partial charge < -0.3 is 29.2 Å². The summed E-state index contributed by atoms with van der Waals surface area (Å²) < 4.78 is 20.7. The van der Waals surface area contributed by atoms with E-state index in [1.54, 1.807) is 36.4 Å². The molecule has 0 saturated carbocycles. The van der Waals surface area contributed by atoms with Gasteiger partial charge in [-0.2, -0.15) is 0 Å². The second kappa shape index (κ2) is 7.64. The Morgan fingerprint density at radius 1 is 0.692 bits per heavy atom. The fraction of sp³-hybridized carbons (Fsp3) is 0.222. The number of hydrogen-bond donors (Lipinski definition) is 2. The third kappa shape index (κ3) is 3.97. The Labute approximate surface area is 148 Å². The summed E-state index contributed by atoms with van der Waals surface area (Å²) in [7, 11) is 0. The second-order valence-electron chi connectivity index (χ2n) is 5.40. The number of benzene rings is 2. The lowest BCUT2D eigenvalue weighted by atomic mass is 10.2. The van der Waals surface area contributed by atoms with E-state index in [0.717, 1.165) is 0 Å². The van der Waals surface area contributed by atoms with Gasteiger partial charge in [-0.25, -0.2) is 9.59 Å². The van der Waals surface area contributed by atoms with E-state index in [1.807, 2.05) is 12.1 Å². The largest absolute Gasteiger partial charge is 0.485 e. The first-order chi connectivity index (χ1) is 12.5. The molecule has 2 atom stereocenters. The molecule has 0 aliphatic carbocycles. The third-order valence-electron chi connectivity index (χ3n) is 3.57. The quantitative estimate of drug-likeness (QED) is 0.834. The van der Waals surface area contributed by atoms with Crippen LogP contribution in [-0.2, 0) is 9.59 Å². The number of carboxylic acid groups (broad SMARTS) is 2. The summed E-state index contributed by atoms with van der Waals surface area (Å²) in [5, 5.41) is 17.3. The van der Waals surface area contributed by atoms with Gasteiger partial charge in [0.15, 0.2) is 23.0 Å². The lowest BCUT2D eigenvalue weighted by molar-refractivity contribution is -0.148. The predicted molar refractivity (Wildman–Crippen MR) is 88.0 cm³/mol. The lowest BCUT2D eigenvalue weighted by Gasteiger charge is -2.23. The monoisotopic (exact) mass is 360 g/mol. The van der Waals surface area contributed by atoms with Crippen LogP contribution in [-0.4, -0.2) is 47.6 Å². The fourth-order valence-corrected chi connectivity index (χ4v) is 2.28. The van der Waals surface area contributed by atoms with Crippen molar-refractivity contribution in [3.05, 3.63) is 48.5 Å². The minimum Gasteiger partial charge on any atom is -0.485 e. The Morgan fingerprint density at radius 3 is 1.38 bits per heavy atom. The number of hydrogen-bond acceptors (Lipinski definition) is 6. The van der Waals surface area contributed by atoms with Gasteiger partial charge in [-0.3, -0.25) is 0 Å². The van der Waals surface area contributed by atoms with E-state index < -0.39 is 24.1 Å². The van der Waals surface area contributed by atoms with E-state index in [1.165, 1.54) is 0 Å². The van der Waals surface area contributed by atoms with E-state index in [0.29, 0.717) is 23.0 Å². The van der Waals surface area contributed by atoms with Gasteiger partial charge in [0, 0.05) is 0 Å². The van der Waals surface area contributed by atoms with E-state index in [9.17, 15) is 9.59 Å². The maximum Gasteiger partial charge on any atom is 0.348 e. The van der Waals surface area contributed by atoms with Crippen molar-refractivity contribution in [1.82, 2.24) is 0 Å². The molecule has 0 fully saturated rings. The molecule has 0 unspecified atom stereocenters. The molecule has 4 rings (SSSR count). The molecule has 136 valence electrons. The zero-order chi connectivity index (χ0) is 18.5. The van der Waals surface area contributed by atoms with Crippen LogP contribution in [0, 0.1) is 0 Å². The van der Waals surface area contributed by atoms with Crippen LogP contribution in [0.4, 0.5) is 0 Å². The van der Waals surface area contributed by atoms with Crippen LogP contribution < -0.4 is 18.9 Å². The fourth-order valence-electron chi connectivity index (χ4n) is 2.28. The van der Waals surface area contributed by atoms with Gasteiger partial charge in [0.2, 0.25) is 12.2 Å². The van der Waals surface area contributed by atoms with Gasteiger partial charge in [0.05, 0.1) is 0 Å². The van der Waals surface area contributed by atoms with Gasteiger partial charge in [0.25, 0.3) is 0 Å². The van der Waals surface area contributed by atoms with Crippen LogP contribution >= 0.6 is 0 Å². The van der Waals surface area contributed by atoms with Crippen molar-refractivity contribution in [3.8, 4) is 23.0 Å². The van der Waals surface area contributed by atoms with Crippen molar-refractivity contribution in [3.63, 3.8) is 0 Å². The number of para-hydroxylation sites is 4. The van der Waals surface area contributed by atoms with Gasteiger partial charge in [-0.1, -0.05) is 24.3 Å². The summed E-state index contributed by atoms with van der Waals surface area (Å²) in [6, 6.07) is 14.0. The van der Waals surface area contributed by atoms with E-state index in [4.69, 9.17) is 29.2 Å².